The fourth-order valence-corrected chi connectivity index (χ4v) is 6.00. The Bertz CT molecular complexity index is 1700. The standard InChI is InChI=1S/C30H29F3N4O6S/c1-35-44(42,43)25-9-6-20(7-10-25)21-4-2-3-19(15-21)17-29(41,23-11-13-37(14-12-23)28(39)40)27(38)36-24-8-5-22(18-34)26(16-24)30(31,32)33/h2-10,15-16,23,35,41H,11-14,17H2,1H3,(H,36,38)(H,39,40). The van der Waals surface area contributed by atoms with Gasteiger partial charge in [-0.3, -0.25) is 4.79 Å². The molecule has 1 fully saturated rings. The minimum Gasteiger partial charge on any atom is -0.465 e. The van der Waals surface area contributed by atoms with Crippen LogP contribution < -0.4 is 10.0 Å². The lowest BCUT2D eigenvalue weighted by atomic mass is 9.76. The van der Waals surface area contributed by atoms with Gasteiger partial charge in [0.2, 0.25) is 10.0 Å². The Morgan fingerprint density at radius 2 is 1.68 bits per heavy atom. The SMILES string of the molecule is CNS(=O)(=O)c1ccc(-c2cccc(CC(O)(C(=O)Nc3ccc(C#N)c(C(F)(F)F)c3)C3CCN(C(=O)O)CC3)c2)cc1. The maximum Gasteiger partial charge on any atom is 0.417 e. The highest BCUT2D eigenvalue weighted by Crippen LogP contribution is 2.36. The molecule has 1 aliphatic rings. The zero-order chi connectivity index (χ0) is 32.3. The van der Waals surface area contributed by atoms with E-state index in [0.717, 1.165) is 17.0 Å². The molecule has 4 N–H and O–H groups in total. The van der Waals surface area contributed by atoms with E-state index in [1.165, 1.54) is 25.2 Å². The molecule has 0 aromatic heterocycles. The molecule has 0 saturated carbocycles. The van der Waals surface area contributed by atoms with Crippen LogP contribution in [0.2, 0.25) is 0 Å². The summed E-state index contributed by atoms with van der Waals surface area (Å²) in [4.78, 5) is 26.3. The Morgan fingerprint density at radius 1 is 1.02 bits per heavy atom. The summed E-state index contributed by atoms with van der Waals surface area (Å²) >= 11 is 0. The first-order chi connectivity index (χ1) is 20.7. The summed E-state index contributed by atoms with van der Waals surface area (Å²) in [5.41, 5.74) is -2.47. The van der Waals surface area contributed by atoms with E-state index in [9.17, 15) is 41.4 Å². The molecule has 1 heterocycles. The third-order valence-electron chi connectivity index (χ3n) is 7.70. The molecule has 1 aliphatic heterocycles. The van der Waals surface area contributed by atoms with Gasteiger partial charge in [0.1, 0.15) is 5.60 Å². The van der Waals surface area contributed by atoms with Gasteiger partial charge >= 0.3 is 12.3 Å². The van der Waals surface area contributed by atoms with Gasteiger partial charge in [0.05, 0.1) is 22.1 Å². The van der Waals surface area contributed by atoms with Crippen molar-refractivity contribution in [1.29, 1.82) is 5.26 Å². The van der Waals surface area contributed by atoms with Gasteiger partial charge in [0, 0.05) is 31.1 Å². The van der Waals surface area contributed by atoms with E-state index in [1.807, 2.05) is 0 Å². The van der Waals surface area contributed by atoms with Crippen molar-refractivity contribution in [1.82, 2.24) is 9.62 Å². The van der Waals surface area contributed by atoms with Crippen LogP contribution in [0, 0.1) is 17.2 Å². The summed E-state index contributed by atoms with van der Waals surface area (Å²) < 4.78 is 67.0. The Morgan fingerprint density at radius 3 is 2.25 bits per heavy atom. The number of aliphatic hydroxyl groups is 1. The fraction of sp³-hybridized carbons (Fsp3) is 0.300. The van der Waals surface area contributed by atoms with E-state index in [1.54, 1.807) is 36.4 Å². The predicted octanol–water partition coefficient (Wildman–Crippen LogP) is 4.45. The molecule has 232 valence electrons. The number of anilines is 1. The number of nitriles is 1. The Hall–Kier alpha value is -4.45. The number of hydrogen-bond acceptors (Lipinski definition) is 6. The molecule has 3 aromatic carbocycles. The van der Waals surface area contributed by atoms with E-state index in [0.29, 0.717) is 22.8 Å². The molecular weight excluding hydrogens is 601 g/mol. The lowest BCUT2D eigenvalue weighted by Gasteiger charge is -2.40. The van der Waals surface area contributed by atoms with Gasteiger partial charge in [-0.15, -0.1) is 0 Å². The predicted molar refractivity (Wildman–Crippen MR) is 154 cm³/mol. The van der Waals surface area contributed by atoms with Gasteiger partial charge < -0.3 is 20.4 Å². The molecule has 2 amide bonds. The van der Waals surface area contributed by atoms with Crippen LogP contribution in [0.3, 0.4) is 0 Å². The first kappa shape index (κ1) is 32.5. The smallest absolute Gasteiger partial charge is 0.417 e. The molecule has 1 unspecified atom stereocenters. The molecule has 0 radical (unpaired) electrons. The number of likely N-dealkylation sites (tertiary alicyclic amines) is 1. The minimum atomic E-state index is -4.86. The first-order valence-electron chi connectivity index (χ1n) is 13.4. The van der Waals surface area contributed by atoms with Crippen molar-refractivity contribution >= 4 is 27.7 Å². The van der Waals surface area contributed by atoms with Crippen LogP contribution in [0.15, 0.2) is 71.6 Å². The normalized spacial score (nSPS) is 15.7. The molecule has 1 atom stereocenters. The number of sulfonamides is 1. The van der Waals surface area contributed by atoms with Gasteiger partial charge in [-0.1, -0.05) is 36.4 Å². The summed E-state index contributed by atoms with van der Waals surface area (Å²) in [6, 6.07) is 17.0. The van der Waals surface area contributed by atoms with Gasteiger partial charge in [0.15, 0.2) is 0 Å². The molecule has 4 rings (SSSR count). The average molecular weight is 631 g/mol. The van der Waals surface area contributed by atoms with Crippen LogP contribution >= 0.6 is 0 Å². The highest BCUT2D eigenvalue weighted by Gasteiger charge is 2.46. The second kappa shape index (κ2) is 12.7. The summed E-state index contributed by atoms with van der Waals surface area (Å²) in [5, 5.41) is 32.8. The maximum absolute atomic E-state index is 13.7. The molecule has 10 nitrogen and oxygen atoms in total. The highest BCUT2D eigenvalue weighted by molar-refractivity contribution is 7.89. The number of halogens is 3. The number of alkyl halides is 3. The minimum absolute atomic E-state index is 0.0482. The van der Waals surface area contributed by atoms with Crippen LogP contribution in [0.25, 0.3) is 11.1 Å². The number of carbonyl (C=O) groups is 2. The quantitative estimate of drug-likeness (QED) is 0.286. The number of amides is 2. The van der Waals surface area contributed by atoms with Crippen molar-refractivity contribution in [2.45, 2.75) is 35.9 Å². The van der Waals surface area contributed by atoms with Crippen molar-refractivity contribution in [2.24, 2.45) is 5.92 Å². The van der Waals surface area contributed by atoms with Crippen molar-refractivity contribution < 1.29 is 41.4 Å². The van der Waals surface area contributed by atoms with Crippen molar-refractivity contribution in [3.05, 3.63) is 83.4 Å². The lowest BCUT2D eigenvalue weighted by molar-refractivity contribution is -0.142. The van der Waals surface area contributed by atoms with Gasteiger partial charge in [0.25, 0.3) is 5.91 Å². The van der Waals surface area contributed by atoms with E-state index in [-0.39, 0.29) is 42.9 Å². The monoisotopic (exact) mass is 630 g/mol. The van der Waals surface area contributed by atoms with E-state index in [4.69, 9.17) is 5.26 Å². The van der Waals surface area contributed by atoms with Crippen molar-refractivity contribution in [3.8, 4) is 17.2 Å². The Labute approximate surface area is 251 Å². The van der Waals surface area contributed by atoms with Crippen LogP contribution in [0.5, 0.6) is 0 Å². The molecule has 14 heteroatoms. The number of piperidine rings is 1. The van der Waals surface area contributed by atoms with E-state index >= 15 is 0 Å². The van der Waals surface area contributed by atoms with E-state index < -0.39 is 50.8 Å². The summed E-state index contributed by atoms with van der Waals surface area (Å²) in [5.74, 6) is -1.72. The number of carbonyl (C=O) groups excluding carboxylic acids is 1. The summed E-state index contributed by atoms with van der Waals surface area (Å²) in [6.07, 6.45) is -6.01. The molecule has 3 aromatic rings. The van der Waals surface area contributed by atoms with Crippen LogP contribution in [-0.2, 0) is 27.4 Å². The fourth-order valence-electron chi connectivity index (χ4n) is 5.27. The maximum atomic E-state index is 13.7. The molecular formula is C30H29F3N4O6S. The van der Waals surface area contributed by atoms with Crippen LogP contribution in [-0.4, -0.2) is 61.3 Å². The Kier molecular flexibility index (Phi) is 9.33. The summed E-state index contributed by atoms with van der Waals surface area (Å²) in [6.45, 7) is 0.0964. The van der Waals surface area contributed by atoms with Gasteiger partial charge in [-0.25, -0.2) is 17.9 Å². The molecule has 1 saturated heterocycles. The number of carboxylic acid groups (broad SMARTS) is 1. The third kappa shape index (κ3) is 7.02. The number of benzene rings is 3. The molecule has 44 heavy (non-hydrogen) atoms. The number of nitrogens with zero attached hydrogens (tertiary/aromatic N) is 2. The second-order valence-electron chi connectivity index (χ2n) is 10.4. The zero-order valence-electron chi connectivity index (χ0n) is 23.4. The van der Waals surface area contributed by atoms with E-state index in [2.05, 4.69) is 10.0 Å². The largest absolute Gasteiger partial charge is 0.465 e. The summed E-state index contributed by atoms with van der Waals surface area (Å²) in [7, 11) is -2.35. The lowest BCUT2D eigenvalue weighted by Crippen LogP contribution is -2.54. The second-order valence-corrected chi connectivity index (χ2v) is 12.3. The molecule has 0 spiro atoms. The number of nitrogens with one attached hydrogen (secondary N) is 2. The van der Waals surface area contributed by atoms with Crippen LogP contribution in [0.1, 0.15) is 29.5 Å². The number of hydrogen-bond donors (Lipinski definition) is 4. The average Bonchev–Trinajstić information content (AvgIpc) is 3.00. The molecule has 0 bridgehead atoms. The third-order valence-corrected chi connectivity index (χ3v) is 9.13. The van der Waals surface area contributed by atoms with Gasteiger partial charge in [-0.2, -0.15) is 18.4 Å². The van der Waals surface area contributed by atoms with Crippen molar-refractivity contribution in [3.63, 3.8) is 0 Å². The topological polar surface area (TPSA) is 160 Å². The van der Waals surface area contributed by atoms with Gasteiger partial charge in [-0.05, 0) is 66.9 Å². The zero-order valence-corrected chi connectivity index (χ0v) is 24.2. The molecule has 0 aliphatic carbocycles. The number of rotatable bonds is 8. The highest BCUT2D eigenvalue weighted by atomic mass is 32.2. The first-order valence-corrected chi connectivity index (χ1v) is 14.9. The Balaban J connectivity index is 1.66. The van der Waals surface area contributed by atoms with Crippen molar-refractivity contribution in [2.75, 3.05) is 25.5 Å². The van der Waals surface area contributed by atoms with Crippen LogP contribution in [0.4, 0.5) is 23.7 Å².